The highest BCUT2D eigenvalue weighted by Crippen LogP contribution is 2.08. The lowest BCUT2D eigenvalue weighted by atomic mass is 10.4. The number of thioether (sulfide) groups is 1. The molecule has 1 amide bonds. The Balaban J connectivity index is 3.31. The van der Waals surface area contributed by atoms with Gasteiger partial charge in [-0.25, -0.2) is 0 Å². The summed E-state index contributed by atoms with van der Waals surface area (Å²) in [5.41, 5.74) is 0.574. The van der Waals surface area contributed by atoms with Gasteiger partial charge in [0.05, 0.1) is 0 Å². The van der Waals surface area contributed by atoms with Crippen LogP contribution in [0, 0.1) is 0 Å². The van der Waals surface area contributed by atoms with Crippen molar-refractivity contribution in [3.63, 3.8) is 0 Å². The number of rotatable bonds is 5. The van der Waals surface area contributed by atoms with Crippen LogP contribution in [0.15, 0.2) is 12.2 Å². The molecule has 0 rings (SSSR count). The smallest absolute Gasteiger partial charge is 0.216 e. The largest absolute Gasteiger partial charge is 0.356 e. The standard InChI is InChI=1S/C9H15NO2S/c1-7(2)9(12)13-6-4-5-10-8(3)11/h1,4-6H2,2-3H3,(H,10,11). The zero-order valence-corrected chi connectivity index (χ0v) is 8.87. The van der Waals surface area contributed by atoms with Crippen molar-refractivity contribution in [2.45, 2.75) is 20.3 Å². The molecule has 0 aliphatic rings. The van der Waals surface area contributed by atoms with Crippen LogP contribution in [0.1, 0.15) is 20.3 Å². The van der Waals surface area contributed by atoms with E-state index in [2.05, 4.69) is 11.9 Å². The Morgan fingerprint density at radius 3 is 2.46 bits per heavy atom. The predicted octanol–water partition coefficient (Wildman–Crippen LogP) is 1.35. The molecule has 0 aliphatic carbocycles. The monoisotopic (exact) mass is 201 g/mol. The average Bonchev–Trinajstić information content (AvgIpc) is 2.02. The SMILES string of the molecule is C=C(C)C(=O)SCCCNC(C)=O. The van der Waals surface area contributed by atoms with Crippen LogP contribution in [0.25, 0.3) is 0 Å². The molecule has 3 nitrogen and oxygen atoms in total. The van der Waals surface area contributed by atoms with Crippen molar-refractivity contribution in [1.29, 1.82) is 0 Å². The highest BCUT2D eigenvalue weighted by atomic mass is 32.2. The molecular formula is C9H15NO2S. The number of amides is 1. The second kappa shape index (κ2) is 6.71. The van der Waals surface area contributed by atoms with Crippen LogP contribution in [0.4, 0.5) is 0 Å². The lowest BCUT2D eigenvalue weighted by molar-refractivity contribution is -0.118. The van der Waals surface area contributed by atoms with E-state index in [1.54, 1.807) is 6.92 Å². The first-order chi connectivity index (χ1) is 6.04. The maximum Gasteiger partial charge on any atom is 0.216 e. The Morgan fingerprint density at radius 2 is 2.00 bits per heavy atom. The zero-order chi connectivity index (χ0) is 10.3. The van der Waals surface area contributed by atoms with E-state index >= 15 is 0 Å². The van der Waals surface area contributed by atoms with Crippen LogP contribution in [-0.4, -0.2) is 23.3 Å². The Hall–Kier alpha value is -0.770. The summed E-state index contributed by atoms with van der Waals surface area (Å²) in [7, 11) is 0. The fourth-order valence-corrected chi connectivity index (χ4v) is 1.35. The molecule has 0 atom stereocenters. The van der Waals surface area contributed by atoms with Crippen molar-refractivity contribution in [2.24, 2.45) is 0 Å². The van der Waals surface area contributed by atoms with E-state index in [1.165, 1.54) is 18.7 Å². The maximum atomic E-state index is 11.0. The van der Waals surface area contributed by atoms with Crippen molar-refractivity contribution in [1.82, 2.24) is 5.32 Å². The first-order valence-corrected chi connectivity index (χ1v) is 5.09. The van der Waals surface area contributed by atoms with E-state index < -0.39 is 0 Å². The lowest BCUT2D eigenvalue weighted by Gasteiger charge is -2.01. The van der Waals surface area contributed by atoms with Gasteiger partial charge in [-0.1, -0.05) is 18.3 Å². The van der Waals surface area contributed by atoms with Gasteiger partial charge in [0.1, 0.15) is 0 Å². The van der Waals surface area contributed by atoms with Gasteiger partial charge in [-0.3, -0.25) is 9.59 Å². The molecule has 0 aromatic rings. The van der Waals surface area contributed by atoms with Gasteiger partial charge in [0, 0.05) is 19.2 Å². The fraction of sp³-hybridized carbons (Fsp3) is 0.556. The number of hydrogen-bond donors (Lipinski definition) is 1. The van der Waals surface area contributed by atoms with E-state index in [1.807, 2.05) is 0 Å². The van der Waals surface area contributed by atoms with Crippen molar-refractivity contribution in [3.05, 3.63) is 12.2 Å². The normalized spacial score (nSPS) is 9.38. The van der Waals surface area contributed by atoms with Crippen LogP contribution in [0.5, 0.6) is 0 Å². The van der Waals surface area contributed by atoms with E-state index in [0.717, 1.165) is 12.2 Å². The minimum absolute atomic E-state index is 0.0304. The van der Waals surface area contributed by atoms with Crippen molar-refractivity contribution in [2.75, 3.05) is 12.3 Å². The van der Waals surface area contributed by atoms with Crippen LogP contribution < -0.4 is 5.32 Å². The van der Waals surface area contributed by atoms with E-state index in [-0.39, 0.29) is 11.0 Å². The number of hydrogen-bond acceptors (Lipinski definition) is 3. The molecule has 4 heteroatoms. The van der Waals surface area contributed by atoms with Crippen molar-refractivity contribution >= 4 is 22.8 Å². The van der Waals surface area contributed by atoms with Gasteiger partial charge in [-0.2, -0.15) is 0 Å². The second-order valence-electron chi connectivity index (χ2n) is 2.75. The third-order valence-electron chi connectivity index (χ3n) is 1.28. The quantitative estimate of drug-likeness (QED) is 0.539. The molecule has 0 radical (unpaired) electrons. The fourth-order valence-electron chi connectivity index (χ4n) is 0.625. The molecule has 0 heterocycles. The highest BCUT2D eigenvalue weighted by Gasteiger charge is 2.01. The van der Waals surface area contributed by atoms with Crippen LogP contribution in [0.3, 0.4) is 0 Å². The van der Waals surface area contributed by atoms with Gasteiger partial charge in [0.2, 0.25) is 11.0 Å². The predicted molar refractivity (Wildman–Crippen MR) is 55.6 cm³/mol. The Kier molecular flexibility index (Phi) is 6.32. The molecule has 0 bridgehead atoms. The summed E-state index contributed by atoms with van der Waals surface area (Å²) < 4.78 is 0. The molecule has 0 aliphatic heterocycles. The molecule has 0 unspecified atom stereocenters. The molecular weight excluding hydrogens is 186 g/mol. The average molecular weight is 201 g/mol. The summed E-state index contributed by atoms with van der Waals surface area (Å²) in [5, 5.41) is 2.69. The molecule has 0 aromatic heterocycles. The summed E-state index contributed by atoms with van der Waals surface area (Å²) in [6.07, 6.45) is 0.809. The van der Waals surface area contributed by atoms with Crippen LogP contribution in [0.2, 0.25) is 0 Å². The van der Waals surface area contributed by atoms with E-state index in [0.29, 0.717) is 12.1 Å². The first-order valence-electron chi connectivity index (χ1n) is 4.11. The Labute approximate surface area is 83.0 Å². The summed E-state index contributed by atoms with van der Waals surface area (Å²) >= 11 is 1.25. The minimum atomic E-state index is -0.0313. The summed E-state index contributed by atoms with van der Waals surface area (Å²) in [4.78, 5) is 21.5. The van der Waals surface area contributed by atoms with Crippen molar-refractivity contribution in [3.8, 4) is 0 Å². The molecule has 0 saturated heterocycles. The Bertz CT molecular complexity index is 214. The topological polar surface area (TPSA) is 46.2 Å². The van der Waals surface area contributed by atoms with Gasteiger partial charge in [0.25, 0.3) is 0 Å². The zero-order valence-electron chi connectivity index (χ0n) is 8.05. The maximum absolute atomic E-state index is 11.0. The minimum Gasteiger partial charge on any atom is -0.356 e. The summed E-state index contributed by atoms with van der Waals surface area (Å²) in [5.74, 6) is 0.697. The van der Waals surface area contributed by atoms with Crippen LogP contribution in [-0.2, 0) is 9.59 Å². The van der Waals surface area contributed by atoms with E-state index in [9.17, 15) is 9.59 Å². The van der Waals surface area contributed by atoms with Gasteiger partial charge >= 0.3 is 0 Å². The summed E-state index contributed by atoms with van der Waals surface area (Å²) in [6, 6.07) is 0. The van der Waals surface area contributed by atoms with Crippen LogP contribution >= 0.6 is 11.8 Å². The van der Waals surface area contributed by atoms with Gasteiger partial charge in [-0.05, 0) is 18.9 Å². The van der Waals surface area contributed by atoms with E-state index in [4.69, 9.17) is 0 Å². The number of carbonyl (C=O) groups excluding carboxylic acids is 2. The highest BCUT2D eigenvalue weighted by molar-refractivity contribution is 8.14. The number of nitrogens with one attached hydrogen (secondary N) is 1. The first kappa shape index (κ1) is 12.2. The summed E-state index contributed by atoms with van der Waals surface area (Å²) in [6.45, 7) is 7.35. The molecule has 74 valence electrons. The molecule has 0 spiro atoms. The van der Waals surface area contributed by atoms with Crippen molar-refractivity contribution < 1.29 is 9.59 Å². The number of carbonyl (C=O) groups is 2. The van der Waals surface area contributed by atoms with Gasteiger partial charge < -0.3 is 5.32 Å². The second-order valence-corrected chi connectivity index (χ2v) is 3.82. The lowest BCUT2D eigenvalue weighted by Crippen LogP contribution is -2.21. The molecule has 0 saturated carbocycles. The molecule has 0 fully saturated rings. The third-order valence-corrected chi connectivity index (χ3v) is 2.38. The molecule has 0 aromatic carbocycles. The van der Waals surface area contributed by atoms with Gasteiger partial charge in [0.15, 0.2) is 0 Å². The third kappa shape index (κ3) is 7.59. The molecule has 1 N–H and O–H groups in total. The Morgan fingerprint density at radius 1 is 1.38 bits per heavy atom. The molecule has 13 heavy (non-hydrogen) atoms. The van der Waals surface area contributed by atoms with Gasteiger partial charge in [-0.15, -0.1) is 0 Å².